The van der Waals surface area contributed by atoms with Gasteiger partial charge in [-0.05, 0) is 97.2 Å². The van der Waals surface area contributed by atoms with Gasteiger partial charge in [-0.2, -0.15) is 8.61 Å². The Balaban J connectivity index is 0.000000203. The highest BCUT2D eigenvalue weighted by Gasteiger charge is 2.46. The van der Waals surface area contributed by atoms with Crippen LogP contribution in [-0.4, -0.2) is 160 Å². The monoisotopic (exact) mass is 1210 g/mol. The molecule has 0 aliphatic carbocycles. The van der Waals surface area contributed by atoms with Gasteiger partial charge in [0.2, 0.25) is 20.0 Å². The zero-order valence-corrected chi connectivity index (χ0v) is 48.9. The fourth-order valence-electron chi connectivity index (χ4n) is 9.58. The van der Waals surface area contributed by atoms with Gasteiger partial charge in [-0.25, -0.2) is 21.6 Å². The average molecular weight is 1220 g/mol. The number of hydrogen-bond acceptors (Lipinski definition) is 20. The Morgan fingerprint density at radius 2 is 1.07 bits per heavy atom. The van der Waals surface area contributed by atoms with E-state index in [1.165, 1.54) is 45.0 Å². The molecule has 0 unspecified atom stereocenters. The van der Waals surface area contributed by atoms with Crippen LogP contribution in [0.25, 0.3) is 0 Å². The van der Waals surface area contributed by atoms with Gasteiger partial charge in [0.1, 0.15) is 12.2 Å². The van der Waals surface area contributed by atoms with Crippen molar-refractivity contribution in [3.8, 4) is 0 Å². The SMILES string of the molecule is CC(C)CN(C[C@@H](O)[C@@H](N)Cc1ccccc1)S(=O)(=O)c1ccc(N)cc1.[2H]C1([2H])O[C@H]2OCC[C@H]2[C@@]1([2H])OC(=O)C[C@@H](Cc1ccccc1)[C@H](O)CN(CC(C)C)S(=O)(=O)c1ccc(N)cc1.[2H]C1([2H])O[C@H]2OCC[C@H]2[C@@]1([2H])OC(=O)ON1C(=O)CCC1=O. The third kappa shape index (κ3) is 18.2. The van der Waals surface area contributed by atoms with E-state index in [2.05, 4.69) is 4.84 Å². The number of carbonyl (C=O) groups excluding carboxylic acids is 4. The zero-order valence-electron chi connectivity index (χ0n) is 53.3. The summed E-state index contributed by atoms with van der Waals surface area (Å²) in [4.78, 5) is 52.4. The fourth-order valence-corrected chi connectivity index (χ4v) is 12.8. The molecular weight excluding hydrogens is 1130 g/mol. The summed E-state index contributed by atoms with van der Waals surface area (Å²) in [6, 6.07) is 30.0. The molecule has 8 N–H and O–H groups in total. The van der Waals surface area contributed by atoms with E-state index in [4.69, 9.17) is 53.8 Å². The second kappa shape index (κ2) is 30.3. The lowest BCUT2D eigenvalue weighted by atomic mass is 9.90. The summed E-state index contributed by atoms with van der Waals surface area (Å²) in [7, 11) is -7.76. The standard InChI is InChI=1S/C28H38N2O7S.C20H29N3O3S.C11H13NO7/c1-19(2)16-30(38(33,34)23-10-8-22(29)9-11-23)17-25(31)21(14-20-6-4-3-5-7-20)15-27(32)37-26-18-36-28-24(26)12-13-35-28;1-15(2)13-23(27(25,26)18-10-8-17(21)9-11-18)14-20(24)19(22)12-16-6-4-3-5-7-16;13-8-1-2-9(14)12(8)19-11(15)18-7-5-17-10-6(7)3-4-16-10/h3-11,19,21,24-26,28,31H,12-18,29H2,1-2H3;3-11,15,19-20,24H,12-14,21-22H2,1-2H3;6-7,10H,1-5H2/t21-,24+,25-,26+,28-;19-,20+;6-,7-,10+/m100/s1/i18D2,26D;;5D2,7D. The molecule has 5 heterocycles. The van der Waals surface area contributed by atoms with E-state index in [0.29, 0.717) is 30.8 Å². The topological polar surface area (TPSA) is 329 Å². The maximum atomic E-state index is 13.6. The molecular formula is C59H80N6O17S2. The molecule has 9 rings (SSSR count). The summed E-state index contributed by atoms with van der Waals surface area (Å²) < 4.78 is 135. The first-order chi connectivity index (χ1) is 42.2. The number of fused-ring (bicyclic) bond motifs is 2. The van der Waals surface area contributed by atoms with Crippen LogP contribution in [0.4, 0.5) is 16.2 Å². The Morgan fingerprint density at radius 1 is 0.643 bits per heavy atom. The first kappa shape index (κ1) is 57.0. The van der Waals surface area contributed by atoms with Gasteiger partial charge in [-0.3, -0.25) is 19.2 Å². The summed E-state index contributed by atoms with van der Waals surface area (Å²) in [6.07, 6.45) is -9.75. The number of nitrogens with two attached hydrogens (primary N) is 3. The minimum Gasteiger partial charge on any atom is -0.459 e. The molecule has 5 fully saturated rings. The van der Waals surface area contributed by atoms with Crippen molar-refractivity contribution in [3.63, 3.8) is 0 Å². The number of aliphatic hydroxyl groups excluding tert-OH is 2. The second-order valence-corrected chi connectivity index (χ2v) is 25.5. The van der Waals surface area contributed by atoms with Gasteiger partial charge in [-0.15, -0.1) is 0 Å². The summed E-state index contributed by atoms with van der Waals surface area (Å²) >= 11 is 0. The molecule has 23 nitrogen and oxygen atoms in total. The van der Waals surface area contributed by atoms with Crippen molar-refractivity contribution in [1.29, 1.82) is 0 Å². The second-order valence-electron chi connectivity index (χ2n) is 21.6. The van der Waals surface area contributed by atoms with Gasteiger partial charge in [-0.1, -0.05) is 93.4 Å². The lowest BCUT2D eigenvalue weighted by molar-refractivity contribution is -0.179. The Hall–Kier alpha value is -6.10. The molecule has 10 atom stereocenters. The van der Waals surface area contributed by atoms with Crippen LogP contribution in [0.15, 0.2) is 119 Å². The van der Waals surface area contributed by atoms with Gasteiger partial charge in [0.15, 0.2) is 12.6 Å². The van der Waals surface area contributed by atoms with E-state index in [0.717, 1.165) is 11.1 Å². The van der Waals surface area contributed by atoms with Gasteiger partial charge in [0.05, 0.1) is 74.8 Å². The highest BCUT2D eigenvalue weighted by atomic mass is 32.2. The van der Waals surface area contributed by atoms with Crippen molar-refractivity contribution < 1.29 is 87.7 Å². The average Bonchev–Trinajstić information content (AvgIpc) is 1.59. The number of hydroxylamine groups is 2. The third-order valence-electron chi connectivity index (χ3n) is 14.0. The predicted molar refractivity (Wildman–Crippen MR) is 307 cm³/mol. The van der Waals surface area contributed by atoms with E-state index in [9.17, 15) is 46.2 Å². The predicted octanol–water partition coefficient (Wildman–Crippen LogP) is 4.64. The minimum atomic E-state index is -4.00. The van der Waals surface area contributed by atoms with Gasteiger partial charge in [0, 0.05) is 62.4 Å². The number of anilines is 2. The molecule has 5 aliphatic heterocycles. The summed E-state index contributed by atoms with van der Waals surface area (Å²) in [5.41, 5.74) is 20.3. The number of rotatable bonds is 23. The lowest BCUT2D eigenvalue weighted by Crippen LogP contribution is -2.47. The highest BCUT2D eigenvalue weighted by molar-refractivity contribution is 7.89. The van der Waals surface area contributed by atoms with E-state index in [1.54, 1.807) is 12.1 Å². The maximum Gasteiger partial charge on any atom is 0.534 e. The van der Waals surface area contributed by atoms with Crippen LogP contribution >= 0.6 is 0 Å². The van der Waals surface area contributed by atoms with E-state index >= 15 is 0 Å². The molecule has 25 heteroatoms. The zero-order chi connectivity index (χ0) is 66.1. The molecule has 84 heavy (non-hydrogen) atoms. The smallest absolute Gasteiger partial charge is 0.459 e. The summed E-state index contributed by atoms with van der Waals surface area (Å²) in [5.74, 6) is -4.68. The number of amides is 2. The summed E-state index contributed by atoms with van der Waals surface area (Å²) in [5, 5.41) is 22.3. The van der Waals surface area contributed by atoms with Gasteiger partial charge in [0.25, 0.3) is 11.8 Å². The molecule has 4 aromatic rings. The van der Waals surface area contributed by atoms with Crippen molar-refractivity contribution in [3.05, 3.63) is 120 Å². The molecule has 2 amide bonds. The molecule has 0 radical (unpaired) electrons. The van der Waals surface area contributed by atoms with Gasteiger partial charge < -0.3 is 55.8 Å². The Kier molecular flexibility index (Phi) is 20.6. The molecule has 0 aromatic heterocycles. The van der Waals surface area contributed by atoms with Crippen LogP contribution in [0.5, 0.6) is 0 Å². The van der Waals surface area contributed by atoms with Crippen molar-refractivity contribution in [2.24, 2.45) is 35.3 Å². The normalized spacial score (nSPS) is 26.6. The Labute approximate surface area is 500 Å². The van der Waals surface area contributed by atoms with Gasteiger partial charge >= 0.3 is 12.1 Å². The quantitative estimate of drug-likeness (QED) is 0.0383. The Bertz CT molecular complexity index is 3300. The fraction of sp³-hybridized carbons (Fsp3) is 0.525. The number of ether oxygens (including phenoxy) is 6. The van der Waals surface area contributed by atoms with Crippen molar-refractivity contribution >= 4 is 55.4 Å². The van der Waals surface area contributed by atoms with Crippen molar-refractivity contribution in [1.82, 2.24) is 13.7 Å². The molecule has 460 valence electrons. The number of aliphatic hydroxyl groups is 2. The van der Waals surface area contributed by atoms with E-state index in [-0.39, 0.29) is 91.6 Å². The number of carbonyl (C=O) groups is 4. The number of sulfonamides is 2. The first-order valence-electron chi connectivity index (χ1n) is 30.7. The van der Waals surface area contributed by atoms with Crippen molar-refractivity contribution in [2.45, 2.75) is 125 Å². The molecule has 0 spiro atoms. The van der Waals surface area contributed by atoms with Crippen LogP contribution in [0, 0.1) is 29.6 Å². The largest absolute Gasteiger partial charge is 0.534 e. The summed E-state index contributed by atoms with van der Waals surface area (Å²) in [6.45, 7) is 2.97. The van der Waals surface area contributed by atoms with Crippen LogP contribution in [0.2, 0.25) is 0 Å². The minimum absolute atomic E-state index is 0.0338. The van der Waals surface area contributed by atoms with Crippen molar-refractivity contribution in [2.75, 3.05) is 64.0 Å². The number of benzene rings is 4. The van der Waals surface area contributed by atoms with E-state index < -0.39 is 118 Å². The molecule has 5 saturated heterocycles. The molecule has 4 aromatic carbocycles. The molecule has 0 bridgehead atoms. The number of nitrogen functional groups attached to an aromatic ring is 2. The highest BCUT2D eigenvalue weighted by Crippen LogP contribution is 2.35. The van der Waals surface area contributed by atoms with Crippen LogP contribution in [0.1, 0.15) is 79.2 Å². The van der Waals surface area contributed by atoms with Crippen LogP contribution in [0.3, 0.4) is 0 Å². The number of esters is 1. The molecule has 0 saturated carbocycles. The Morgan fingerprint density at radius 3 is 1.52 bits per heavy atom. The number of nitrogens with zero attached hydrogens (tertiary/aromatic N) is 3. The van der Waals surface area contributed by atoms with E-state index in [1.807, 2.05) is 88.4 Å². The molecule has 5 aliphatic rings. The number of hydrogen-bond donors (Lipinski definition) is 5. The maximum absolute atomic E-state index is 13.6. The lowest BCUT2D eigenvalue weighted by Gasteiger charge is -2.30. The van der Waals surface area contributed by atoms with Crippen LogP contribution < -0.4 is 17.2 Å². The third-order valence-corrected chi connectivity index (χ3v) is 17.7. The van der Waals surface area contributed by atoms with Crippen LogP contribution in [-0.2, 0) is 80.5 Å². The number of imide groups is 1. The first-order valence-corrected chi connectivity index (χ1v) is 30.5.